The Kier molecular flexibility index (Phi) is 31.0. The Labute approximate surface area is 413 Å². The maximum atomic E-state index is 10.5. The summed E-state index contributed by atoms with van der Waals surface area (Å²) in [6.07, 6.45) is 17.5. The van der Waals surface area contributed by atoms with Gasteiger partial charge in [-0.25, -0.2) is 9.13 Å². The third-order valence-electron chi connectivity index (χ3n) is 16.7. The van der Waals surface area contributed by atoms with Crippen LogP contribution in [0.1, 0.15) is 157 Å². The van der Waals surface area contributed by atoms with Crippen LogP contribution in [-0.2, 0) is 38.9 Å². The van der Waals surface area contributed by atoms with Crippen molar-refractivity contribution in [3.05, 3.63) is 94.0 Å². The summed E-state index contributed by atoms with van der Waals surface area (Å²) in [7, 11) is 0. The number of dihydropyridines is 1. The molecule has 3 heterocycles. The Bertz CT molecular complexity index is 1590. The minimum absolute atomic E-state index is 0. The van der Waals surface area contributed by atoms with Crippen LogP contribution in [0.2, 0.25) is 0 Å². The third-order valence-corrected chi connectivity index (χ3v) is 16.7. The van der Waals surface area contributed by atoms with E-state index in [0.717, 1.165) is 77.8 Å². The first kappa shape index (κ1) is 67.2. The Balaban J connectivity index is -0.000000368. The Morgan fingerprint density at radius 1 is 0.597 bits per heavy atom. The topological polar surface area (TPSA) is 38.2 Å². The van der Waals surface area contributed by atoms with Gasteiger partial charge >= 0.3 is 34.1 Å². The molecule has 7 heteroatoms. The van der Waals surface area contributed by atoms with Crippen molar-refractivity contribution in [1.82, 2.24) is 4.57 Å². The van der Waals surface area contributed by atoms with Gasteiger partial charge in [0.2, 0.25) is 6.33 Å². The summed E-state index contributed by atoms with van der Waals surface area (Å²) in [4.78, 5) is 14.9. The van der Waals surface area contributed by atoms with Crippen molar-refractivity contribution in [2.45, 2.75) is 162 Å². The normalized spacial score (nSPS) is 32.7. The van der Waals surface area contributed by atoms with Crippen LogP contribution in [0.15, 0.2) is 46.9 Å². The molecule has 358 valence electrons. The number of aliphatic imine (C=N–C) groups is 1. The maximum absolute atomic E-state index is 10.5. The molecule has 0 radical (unpaired) electrons. The van der Waals surface area contributed by atoms with Gasteiger partial charge in [0.15, 0.2) is 12.0 Å². The number of carbonyl (C=O) groups is 1. The van der Waals surface area contributed by atoms with Gasteiger partial charge in [-0.2, -0.15) is 0 Å². The van der Waals surface area contributed by atoms with Crippen molar-refractivity contribution in [3.63, 3.8) is 0 Å². The van der Waals surface area contributed by atoms with Crippen LogP contribution in [0.3, 0.4) is 0 Å². The van der Waals surface area contributed by atoms with Crippen LogP contribution in [0.5, 0.6) is 0 Å². The van der Waals surface area contributed by atoms with Crippen molar-refractivity contribution in [1.29, 1.82) is 0 Å². The van der Waals surface area contributed by atoms with Crippen LogP contribution in [0.25, 0.3) is 11.8 Å². The zero-order chi connectivity index (χ0) is 39.8. The van der Waals surface area contributed by atoms with E-state index in [1.807, 2.05) is 6.08 Å². The molecule has 4 fully saturated rings. The Morgan fingerprint density at radius 2 is 0.984 bits per heavy atom. The molecule has 4 saturated carbocycles. The van der Waals surface area contributed by atoms with E-state index in [1.54, 1.807) is 5.57 Å². The van der Waals surface area contributed by atoms with Crippen molar-refractivity contribution >= 4 is 18.1 Å². The molecule has 0 bridgehead atoms. The van der Waals surface area contributed by atoms with E-state index in [4.69, 9.17) is 0 Å². The number of hydrogen-bond donors (Lipinski definition) is 0. The van der Waals surface area contributed by atoms with E-state index in [2.05, 4.69) is 149 Å². The van der Waals surface area contributed by atoms with Gasteiger partial charge in [-0.3, -0.25) is 9.79 Å². The van der Waals surface area contributed by atoms with Gasteiger partial charge in [0.25, 0.3) is 0 Å². The van der Waals surface area contributed by atoms with Crippen molar-refractivity contribution in [3.8, 4) is 5.69 Å². The molecule has 6 aliphatic rings. The monoisotopic (exact) mass is 960 g/mol. The number of rotatable bonds is 2. The molecule has 4 unspecified atom stereocenters. The first-order chi connectivity index (χ1) is 25.5. The number of aromatic nitrogens is 2. The summed E-state index contributed by atoms with van der Waals surface area (Å²) < 4.78 is 4.85. The van der Waals surface area contributed by atoms with Crippen LogP contribution in [-0.4, -0.2) is 22.6 Å². The summed E-state index contributed by atoms with van der Waals surface area (Å²) in [6.45, 7) is 35.0. The van der Waals surface area contributed by atoms with Crippen LogP contribution in [0, 0.1) is 121 Å². The number of hydrogen-bond acceptors (Lipinski definition) is 2. The Hall–Kier alpha value is -1.42. The number of imidazole rings is 1. The summed E-state index contributed by atoms with van der Waals surface area (Å²) in [5.74, 6) is 10.7. The molecule has 0 saturated heterocycles. The molecule has 0 spiro atoms. The quantitative estimate of drug-likeness (QED) is 0.128. The summed E-state index contributed by atoms with van der Waals surface area (Å²) in [5.41, 5.74) is 10.3. The smallest absolute Gasteiger partial charge is 1.00 e. The van der Waals surface area contributed by atoms with Crippen LogP contribution >= 0.6 is 0 Å². The standard InChI is InChI=1S/C20H25N2.C10H13NO.2C10H20.CH4.4CH3.ClH.2Fe/c1-13-8-15(3)20(16(4)9-13)21-11-17-10-14(2)18-6-5-7-19(18)22(17)12-21;1-7-5-8(6-12)11-10-4-2-3-9(7)10;2*1-6-7(2)9(4)10(5)8(6)3;;;;;;;;/h8-12,18-19H,5-7H2,1-4H3;5-6,9-10H,2-4H2,1H3;2*6-10H,1-5H3;1H4;4*1H3;1H;;/q+1;;;;;4*-1;;2*+2/p-1. The fourth-order valence-corrected chi connectivity index (χ4v) is 11.7. The molecule has 8 rings (SSSR count). The number of aldehydes is 1. The van der Waals surface area contributed by atoms with Gasteiger partial charge in [0.1, 0.15) is 17.9 Å². The molecule has 62 heavy (non-hydrogen) atoms. The minimum atomic E-state index is 0. The number of benzene rings is 1. The predicted molar refractivity (Wildman–Crippen MR) is 263 cm³/mol. The minimum Gasteiger partial charge on any atom is -1.00 e. The summed E-state index contributed by atoms with van der Waals surface area (Å²) in [6, 6.07) is 5.65. The van der Waals surface area contributed by atoms with Crippen molar-refractivity contribution in [2.24, 2.45) is 76.0 Å². The molecule has 0 N–H and O–H groups in total. The van der Waals surface area contributed by atoms with Crippen LogP contribution in [0.4, 0.5) is 0 Å². The van der Waals surface area contributed by atoms with Gasteiger partial charge in [-0.1, -0.05) is 112 Å². The van der Waals surface area contributed by atoms with E-state index in [9.17, 15) is 4.79 Å². The molecule has 4 atom stereocenters. The first-order valence-corrected chi connectivity index (χ1v) is 22.1. The van der Waals surface area contributed by atoms with Crippen molar-refractivity contribution < 1.29 is 55.9 Å². The van der Waals surface area contributed by atoms with Gasteiger partial charge in [-0.15, -0.1) is 0 Å². The van der Waals surface area contributed by atoms with Gasteiger partial charge < -0.3 is 42.1 Å². The largest absolute Gasteiger partial charge is 2.00 e. The number of fused-ring (bicyclic) bond motifs is 4. The second-order valence-electron chi connectivity index (χ2n) is 19.5. The molecule has 4 aliphatic carbocycles. The zero-order valence-corrected chi connectivity index (χ0v) is 45.2. The zero-order valence-electron chi connectivity index (χ0n) is 42.2. The fraction of sp³-hybridized carbons (Fsp3) is 0.655. The third kappa shape index (κ3) is 14.3. The van der Waals surface area contributed by atoms with Gasteiger partial charge in [0, 0.05) is 11.8 Å². The van der Waals surface area contributed by atoms with Crippen molar-refractivity contribution in [2.75, 3.05) is 0 Å². The summed E-state index contributed by atoms with van der Waals surface area (Å²) >= 11 is 0. The Morgan fingerprint density at radius 3 is 1.40 bits per heavy atom. The first-order valence-electron chi connectivity index (χ1n) is 22.1. The molecule has 1 aromatic heterocycles. The van der Waals surface area contributed by atoms with Gasteiger partial charge in [0.05, 0.1) is 11.8 Å². The maximum Gasteiger partial charge on any atom is 2.00 e. The molecule has 1 aromatic carbocycles. The van der Waals surface area contributed by atoms with E-state index in [1.165, 1.54) is 65.7 Å². The number of carbonyl (C=O) groups excluding carboxylic acids is 1. The SMILES string of the molecule is C.CC1=CC(C=O)=NC2CCCC12.CC1=Cc2c[n+](-c3c(C)cc(C)cc3C)cn2C2CCCC12.CC1C(C)C(C)C(C)C1C.CC1C(C)C(C)C(C)C1C.[CH3-].[CH3-].[CH3-].[CH3-].[Cl-].[Fe+2].[Fe+2]. The van der Waals surface area contributed by atoms with E-state index >= 15 is 0 Å². The molecule has 2 aliphatic heterocycles. The van der Waals surface area contributed by atoms with E-state index < -0.39 is 0 Å². The summed E-state index contributed by atoms with van der Waals surface area (Å²) in [5, 5.41) is 0. The van der Waals surface area contributed by atoms with Gasteiger partial charge in [-0.05, 0) is 149 Å². The van der Waals surface area contributed by atoms with Crippen LogP contribution < -0.4 is 17.0 Å². The fourth-order valence-electron chi connectivity index (χ4n) is 11.7. The second kappa shape index (κ2) is 28.6. The number of halogens is 1. The molecule has 0 amide bonds. The number of nitrogens with zero attached hydrogens (tertiary/aromatic N) is 3. The molecular weight excluding hydrogens is 866 g/mol. The number of allylic oxidation sites excluding steroid dienone is 2. The molecule has 4 nitrogen and oxygen atoms in total. The average Bonchev–Trinajstić information content (AvgIpc) is 3.96. The van der Waals surface area contributed by atoms with E-state index in [-0.39, 0.29) is 83.7 Å². The van der Waals surface area contributed by atoms with E-state index in [0.29, 0.717) is 23.7 Å². The average molecular weight is 961 g/mol. The number of aryl methyl sites for hydroxylation is 3. The molecular formula is C55H94ClFe2N3O. The second-order valence-corrected chi connectivity index (χ2v) is 19.5. The predicted octanol–water partition coefficient (Wildman–Crippen LogP) is 12.0. The molecule has 2 aromatic rings.